The fraction of sp³-hybridized carbons (Fsp3) is 0.556. The Hall–Kier alpha value is -2.28. The van der Waals surface area contributed by atoms with Gasteiger partial charge < -0.3 is 14.2 Å². The summed E-state index contributed by atoms with van der Waals surface area (Å²) in [6, 6.07) is 3.87. The number of aromatic nitrogens is 3. The molecule has 2 fully saturated rings. The van der Waals surface area contributed by atoms with E-state index in [9.17, 15) is 4.79 Å². The van der Waals surface area contributed by atoms with E-state index in [1.54, 1.807) is 6.20 Å². The smallest absolute Gasteiger partial charge is 0.257 e. The van der Waals surface area contributed by atoms with Gasteiger partial charge in [0, 0.05) is 24.4 Å². The molecule has 2 atom stereocenters. The van der Waals surface area contributed by atoms with Crippen LogP contribution < -0.4 is 0 Å². The molecule has 1 saturated carbocycles. The van der Waals surface area contributed by atoms with E-state index in [1.165, 1.54) is 0 Å². The summed E-state index contributed by atoms with van der Waals surface area (Å²) >= 11 is 0. The van der Waals surface area contributed by atoms with E-state index in [0.717, 1.165) is 29.9 Å². The summed E-state index contributed by atoms with van der Waals surface area (Å²) in [6.07, 6.45) is 3.91. The highest BCUT2D eigenvalue weighted by atomic mass is 16.5. The van der Waals surface area contributed by atoms with Crippen LogP contribution in [0.1, 0.15) is 54.8 Å². The number of carbonyl (C=O) groups is 1. The number of hydrogen-bond acceptors (Lipinski definition) is 6. The van der Waals surface area contributed by atoms with E-state index in [4.69, 9.17) is 9.26 Å². The second kappa shape index (κ2) is 6.55. The molecule has 0 radical (unpaired) electrons. The van der Waals surface area contributed by atoms with Crippen LogP contribution in [-0.4, -0.2) is 45.1 Å². The zero-order chi connectivity index (χ0) is 17.4. The largest absolute Gasteiger partial charge is 0.362 e. The molecule has 1 saturated heterocycles. The Morgan fingerprint density at radius 1 is 1.32 bits per heavy atom. The number of nitrogens with zero attached hydrogens (tertiary/aromatic N) is 4. The minimum Gasteiger partial charge on any atom is -0.362 e. The van der Waals surface area contributed by atoms with Gasteiger partial charge >= 0.3 is 0 Å². The minimum absolute atomic E-state index is 0.0627. The Balaban J connectivity index is 1.43. The molecular weight excluding hydrogens is 320 g/mol. The number of hydrogen-bond donors (Lipinski definition) is 0. The highest BCUT2D eigenvalue weighted by Gasteiger charge is 2.35. The van der Waals surface area contributed by atoms with Crippen molar-refractivity contribution in [1.82, 2.24) is 20.0 Å². The predicted octanol–water partition coefficient (Wildman–Crippen LogP) is 2.18. The van der Waals surface area contributed by atoms with Crippen LogP contribution in [0.3, 0.4) is 0 Å². The third-order valence-electron chi connectivity index (χ3n) is 4.62. The molecule has 1 aliphatic heterocycles. The minimum atomic E-state index is -0.358. The van der Waals surface area contributed by atoms with Crippen molar-refractivity contribution in [2.24, 2.45) is 0 Å². The molecule has 3 heterocycles. The maximum Gasteiger partial charge on any atom is 0.257 e. The number of pyridine rings is 1. The normalized spacial score (nSPS) is 23.7. The van der Waals surface area contributed by atoms with E-state index < -0.39 is 0 Å². The summed E-state index contributed by atoms with van der Waals surface area (Å²) in [5, 5.41) is 4.05. The van der Waals surface area contributed by atoms with Crippen molar-refractivity contribution in [1.29, 1.82) is 0 Å². The summed E-state index contributed by atoms with van der Waals surface area (Å²) in [4.78, 5) is 23.2. The molecule has 0 spiro atoms. The maximum absolute atomic E-state index is 12.7. The lowest BCUT2D eigenvalue weighted by atomic mass is 10.1. The Morgan fingerprint density at radius 2 is 2.16 bits per heavy atom. The van der Waals surface area contributed by atoms with Crippen molar-refractivity contribution in [2.45, 2.75) is 51.2 Å². The first-order valence-electron chi connectivity index (χ1n) is 8.77. The lowest BCUT2D eigenvalue weighted by Gasteiger charge is -2.35. The lowest BCUT2D eigenvalue weighted by Crippen LogP contribution is -2.46. The maximum atomic E-state index is 12.7. The fourth-order valence-corrected chi connectivity index (χ4v) is 3.07. The van der Waals surface area contributed by atoms with Gasteiger partial charge in [0.25, 0.3) is 5.89 Å². The molecular formula is C18H22N4O3. The third kappa shape index (κ3) is 3.71. The number of ether oxygens (including phenoxy) is 1. The Labute approximate surface area is 146 Å². The van der Waals surface area contributed by atoms with Gasteiger partial charge in [0.15, 0.2) is 11.9 Å². The van der Waals surface area contributed by atoms with Gasteiger partial charge in [-0.05, 0) is 38.3 Å². The Bertz CT molecular complexity index is 754. The fourth-order valence-electron chi connectivity index (χ4n) is 3.07. The molecule has 132 valence electrons. The van der Waals surface area contributed by atoms with Crippen molar-refractivity contribution >= 4 is 5.91 Å². The van der Waals surface area contributed by atoms with Crippen LogP contribution in [0.25, 0.3) is 0 Å². The Morgan fingerprint density at radius 3 is 2.88 bits per heavy atom. The molecule has 1 amide bonds. The molecule has 0 bridgehead atoms. The van der Waals surface area contributed by atoms with E-state index in [-0.39, 0.29) is 18.1 Å². The molecule has 4 rings (SSSR count). The average Bonchev–Trinajstić information content (AvgIpc) is 3.33. The number of amides is 1. The van der Waals surface area contributed by atoms with Crippen LogP contribution in [0.5, 0.6) is 0 Å². The second-order valence-electron chi connectivity index (χ2n) is 6.98. The van der Waals surface area contributed by atoms with Crippen molar-refractivity contribution in [3.63, 3.8) is 0 Å². The summed E-state index contributed by atoms with van der Waals surface area (Å²) in [7, 11) is 0. The van der Waals surface area contributed by atoms with Gasteiger partial charge in [0.1, 0.15) is 0 Å². The first kappa shape index (κ1) is 16.2. The summed E-state index contributed by atoms with van der Waals surface area (Å²) in [5.74, 6) is 1.74. The average molecular weight is 342 g/mol. The number of rotatable bonds is 4. The van der Waals surface area contributed by atoms with Crippen LogP contribution in [0.2, 0.25) is 0 Å². The van der Waals surface area contributed by atoms with Crippen LogP contribution in [0, 0.1) is 6.92 Å². The van der Waals surface area contributed by atoms with Gasteiger partial charge in [-0.1, -0.05) is 11.2 Å². The van der Waals surface area contributed by atoms with Crippen molar-refractivity contribution in [3.05, 3.63) is 41.3 Å². The monoisotopic (exact) mass is 342 g/mol. The van der Waals surface area contributed by atoms with Crippen LogP contribution in [0.4, 0.5) is 0 Å². The topological polar surface area (TPSA) is 81.4 Å². The lowest BCUT2D eigenvalue weighted by molar-refractivity contribution is -0.146. The van der Waals surface area contributed by atoms with Gasteiger partial charge in [-0.2, -0.15) is 4.98 Å². The van der Waals surface area contributed by atoms with Crippen LogP contribution in [-0.2, 0) is 16.0 Å². The first-order chi connectivity index (χ1) is 12.1. The van der Waals surface area contributed by atoms with E-state index in [1.807, 2.05) is 30.9 Å². The quantitative estimate of drug-likeness (QED) is 0.847. The summed E-state index contributed by atoms with van der Waals surface area (Å²) < 4.78 is 11.3. The Kier molecular flexibility index (Phi) is 4.25. The van der Waals surface area contributed by atoms with Crippen molar-refractivity contribution in [2.75, 3.05) is 13.1 Å². The van der Waals surface area contributed by atoms with Gasteiger partial charge in [-0.3, -0.25) is 9.78 Å². The number of morpholine rings is 1. The zero-order valence-electron chi connectivity index (χ0n) is 14.5. The molecule has 7 nitrogen and oxygen atoms in total. The first-order valence-corrected chi connectivity index (χ1v) is 8.77. The summed E-state index contributed by atoms with van der Waals surface area (Å²) in [5.41, 5.74) is 1.86. The molecule has 25 heavy (non-hydrogen) atoms. The van der Waals surface area contributed by atoms with E-state index in [2.05, 4.69) is 15.1 Å². The highest BCUT2D eigenvalue weighted by Crippen LogP contribution is 2.38. The molecule has 0 N–H and O–H groups in total. The van der Waals surface area contributed by atoms with Crippen LogP contribution >= 0.6 is 0 Å². The van der Waals surface area contributed by atoms with Gasteiger partial charge in [-0.15, -0.1) is 0 Å². The molecule has 0 aromatic carbocycles. The molecule has 2 aromatic heterocycles. The molecule has 2 aromatic rings. The van der Waals surface area contributed by atoms with Crippen molar-refractivity contribution in [3.8, 4) is 0 Å². The van der Waals surface area contributed by atoms with Crippen LogP contribution in [0.15, 0.2) is 22.9 Å². The molecule has 1 aliphatic carbocycles. The highest BCUT2D eigenvalue weighted by molar-refractivity contribution is 5.78. The molecule has 7 heteroatoms. The third-order valence-corrected chi connectivity index (χ3v) is 4.62. The van der Waals surface area contributed by atoms with Crippen molar-refractivity contribution < 1.29 is 14.1 Å². The van der Waals surface area contributed by atoms with Gasteiger partial charge in [0.05, 0.1) is 19.1 Å². The molecule has 2 aliphatic rings. The number of carbonyl (C=O) groups excluding carboxylic acids is 1. The predicted molar refractivity (Wildman–Crippen MR) is 88.8 cm³/mol. The standard InChI is InChI=1S/C18H22N4O3/c1-11-3-4-13(8-19-11)7-16(23)22-9-12(2)24-15(10-22)18-20-17(21-25-18)14-5-6-14/h3-4,8,12,14-15H,5-7,9-10H2,1-2H3/t12-,15-/m1/s1. The SMILES string of the molecule is Cc1ccc(CC(=O)N2C[C@@H](C)O[C@@H](c3nc(C4CC4)no3)C2)cn1. The number of aryl methyl sites for hydroxylation is 1. The zero-order valence-corrected chi connectivity index (χ0v) is 14.5. The van der Waals surface area contributed by atoms with E-state index >= 15 is 0 Å². The summed E-state index contributed by atoms with van der Waals surface area (Å²) in [6.45, 7) is 4.89. The molecule has 0 unspecified atom stereocenters. The second-order valence-corrected chi connectivity index (χ2v) is 6.98. The van der Waals surface area contributed by atoms with E-state index in [0.29, 0.717) is 31.3 Å². The van der Waals surface area contributed by atoms with Gasteiger partial charge in [0.2, 0.25) is 5.91 Å². The van der Waals surface area contributed by atoms with Gasteiger partial charge in [-0.25, -0.2) is 0 Å².